The molecule has 86 valence electrons. The maximum Gasteiger partial charge on any atom is 0.316 e. The lowest BCUT2D eigenvalue weighted by Gasteiger charge is -2.27. The number of hydrogen-bond donors (Lipinski definition) is 2. The Kier molecular flexibility index (Phi) is 3.21. The van der Waals surface area contributed by atoms with E-state index in [-0.39, 0.29) is 0 Å². The first-order valence-electron chi connectivity index (χ1n) is 5.11. The first-order valence-corrected chi connectivity index (χ1v) is 5.11. The van der Waals surface area contributed by atoms with Gasteiger partial charge < -0.3 is 20.7 Å². The quantitative estimate of drug-likeness (QED) is 0.759. The molecule has 16 heavy (non-hydrogen) atoms. The van der Waals surface area contributed by atoms with Crippen molar-refractivity contribution in [3.05, 3.63) is 18.3 Å². The molecule has 0 radical (unpaired) electrons. The Hall–Kier alpha value is -1.82. The average molecular weight is 222 g/mol. The van der Waals surface area contributed by atoms with Gasteiger partial charge in [0.15, 0.2) is 0 Å². The molecule has 0 saturated carbocycles. The summed E-state index contributed by atoms with van der Waals surface area (Å²) in [5.41, 5.74) is 5.60. The van der Waals surface area contributed by atoms with Gasteiger partial charge in [-0.15, -0.1) is 0 Å². The molecule has 1 aromatic heterocycles. The fraction of sp³-hybridized carbons (Fsp3) is 0.400. The average Bonchev–Trinajstić information content (AvgIpc) is 2.30. The van der Waals surface area contributed by atoms with Gasteiger partial charge in [0.2, 0.25) is 0 Å². The fourth-order valence-corrected chi connectivity index (χ4v) is 1.58. The van der Waals surface area contributed by atoms with Crippen molar-refractivity contribution in [1.29, 1.82) is 0 Å². The molecule has 6 heteroatoms. The molecule has 2 amide bonds. The zero-order valence-electron chi connectivity index (χ0n) is 8.85. The van der Waals surface area contributed by atoms with E-state index in [1.54, 1.807) is 12.3 Å². The Morgan fingerprint density at radius 3 is 2.75 bits per heavy atom. The van der Waals surface area contributed by atoms with Gasteiger partial charge in [0.1, 0.15) is 5.82 Å². The lowest BCUT2D eigenvalue weighted by Crippen LogP contribution is -2.36. The Bertz CT molecular complexity index is 360. The van der Waals surface area contributed by atoms with E-state index in [9.17, 15) is 4.79 Å². The Labute approximate surface area is 93.4 Å². The van der Waals surface area contributed by atoms with Crippen LogP contribution in [0.5, 0.6) is 0 Å². The number of carbonyl (C=O) groups is 1. The smallest absolute Gasteiger partial charge is 0.316 e. The van der Waals surface area contributed by atoms with Crippen molar-refractivity contribution in [3.63, 3.8) is 0 Å². The Morgan fingerprint density at radius 1 is 1.44 bits per heavy atom. The van der Waals surface area contributed by atoms with E-state index >= 15 is 0 Å². The second-order valence-electron chi connectivity index (χ2n) is 3.49. The van der Waals surface area contributed by atoms with Crippen LogP contribution < -0.4 is 16.0 Å². The SMILES string of the molecule is NC(=O)Nc1ccc(N2CCOCC2)nc1. The molecular formula is C10H14N4O2. The molecule has 1 fully saturated rings. The lowest BCUT2D eigenvalue weighted by atomic mass is 10.3. The van der Waals surface area contributed by atoms with Gasteiger partial charge in [-0.1, -0.05) is 0 Å². The summed E-state index contributed by atoms with van der Waals surface area (Å²) in [5, 5.41) is 2.47. The zero-order chi connectivity index (χ0) is 11.4. The number of aromatic nitrogens is 1. The number of nitrogens with two attached hydrogens (primary N) is 1. The van der Waals surface area contributed by atoms with Crippen molar-refractivity contribution >= 4 is 17.5 Å². The molecule has 2 rings (SSSR count). The minimum absolute atomic E-state index is 0.582. The molecule has 3 N–H and O–H groups in total. The Balaban J connectivity index is 2.03. The second-order valence-corrected chi connectivity index (χ2v) is 3.49. The van der Waals surface area contributed by atoms with Crippen LogP contribution in [0.4, 0.5) is 16.3 Å². The third-order valence-corrected chi connectivity index (χ3v) is 2.35. The summed E-state index contributed by atoms with van der Waals surface area (Å²) < 4.78 is 5.25. The molecule has 0 bridgehead atoms. The lowest BCUT2D eigenvalue weighted by molar-refractivity contribution is 0.122. The van der Waals surface area contributed by atoms with Crippen LogP contribution in [0.25, 0.3) is 0 Å². The molecular weight excluding hydrogens is 208 g/mol. The standard InChI is InChI=1S/C10H14N4O2/c11-10(15)13-8-1-2-9(12-7-8)14-3-5-16-6-4-14/h1-2,7H,3-6H2,(H3,11,13,15). The number of carbonyl (C=O) groups excluding carboxylic acids is 1. The fourth-order valence-electron chi connectivity index (χ4n) is 1.58. The highest BCUT2D eigenvalue weighted by Crippen LogP contribution is 2.15. The number of nitrogens with zero attached hydrogens (tertiary/aromatic N) is 2. The molecule has 0 spiro atoms. The maximum atomic E-state index is 10.6. The number of nitrogens with one attached hydrogen (secondary N) is 1. The third-order valence-electron chi connectivity index (χ3n) is 2.35. The number of ether oxygens (including phenoxy) is 1. The van der Waals surface area contributed by atoms with E-state index in [1.165, 1.54) is 0 Å². The summed E-state index contributed by atoms with van der Waals surface area (Å²) in [7, 11) is 0. The van der Waals surface area contributed by atoms with E-state index in [1.807, 2.05) is 6.07 Å². The van der Waals surface area contributed by atoms with E-state index in [2.05, 4.69) is 15.2 Å². The van der Waals surface area contributed by atoms with Crippen LogP contribution in [0.2, 0.25) is 0 Å². The highest BCUT2D eigenvalue weighted by molar-refractivity contribution is 5.87. The molecule has 6 nitrogen and oxygen atoms in total. The van der Waals surface area contributed by atoms with E-state index in [0.717, 1.165) is 32.1 Å². The maximum absolute atomic E-state index is 10.6. The molecule has 0 aliphatic carbocycles. The van der Waals surface area contributed by atoms with E-state index in [4.69, 9.17) is 10.5 Å². The summed E-state index contributed by atoms with van der Waals surface area (Å²) in [4.78, 5) is 17.0. The minimum Gasteiger partial charge on any atom is -0.378 e. The third kappa shape index (κ3) is 2.60. The van der Waals surface area contributed by atoms with Gasteiger partial charge in [0.25, 0.3) is 0 Å². The van der Waals surface area contributed by atoms with Crippen LogP contribution in [0.15, 0.2) is 18.3 Å². The van der Waals surface area contributed by atoms with Gasteiger partial charge in [-0.3, -0.25) is 0 Å². The van der Waals surface area contributed by atoms with Gasteiger partial charge >= 0.3 is 6.03 Å². The van der Waals surface area contributed by atoms with E-state index in [0.29, 0.717) is 5.69 Å². The number of rotatable bonds is 2. The molecule has 1 aliphatic rings. The summed E-state index contributed by atoms with van der Waals surface area (Å²) in [6, 6.07) is 3.06. The first-order chi connectivity index (χ1) is 7.75. The predicted octanol–water partition coefficient (Wildman–Crippen LogP) is 0.409. The molecule has 0 unspecified atom stereocenters. The van der Waals surface area contributed by atoms with Crippen LogP contribution in [0.1, 0.15) is 0 Å². The van der Waals surface area contributed by atoms with Crippen LogP contribution in [-0.4, -0.2) is 37.3 Å². The van der Waals surface area contributed by atoms with Crippen LogP contribution in [0.3, 0.4) is 0 Å². The monoisotopic (exact) mass is 222 g/mol. The van der Waals surface area contributed by atoms with Crippen LogP contribution in [-0.2, 0) is 4.74 Å². The number of anilines is 2. The number of amides is 2. The highest BCUT2D eigenvalue weighted by Gasteiger charge is 2.11. The normalized spacial score (nSPS) is 15.9. The summed E-state index contributed by atoms with van der Waals surface area (Å²) in [5.74, 6) is 0.887. The van der Waals surface area contributed by atoms with Crippen molar-refractivity contribution in [3.8, 4) is 0 Å². The second kappa shape index (κ2) is 4.80. The van der Waals surface area contributed by atoms with Gasteiger partial charge in [-0.25, -0.2) is 9.78 Å². The topological polar surface area (TPSA) is 80.5 Å². The molecule has 1 saturated heterocycles. The van der Waals surface area contributed by atoms with Gasteiger partial charge in [-0.05, 0) is 12.1 Å². The van der Waals surface area contributed by atoms with Crippen molar-refractivity contribution in [1.82, 2.24) is 4.98 Å². The number of pyridine rings is 1. The number of morpholine rings is 1. The van der Waals surface area contributed by atoms with Crippen molar-refractivity contribution < 1.29 is 9.53 Å². The minimum atomic E-state index is -0.582. The molecule has 1 aromatic rings. The van der Waals surface area contributed by atoms with Gasteiger partial charge in [-0.2, -0.15) is 0 Å². The van der Waals surface area contributed by atoms with Crippen LogP contribution >= 0.6 is 0 Å². The first kappa shape index (κ1) is 10.7. The largest absolute Gasteiger partial charge is 0.378 e. The van der Waals surface area contributed by atoms with Crippen molar-refractivity contribution in [2.24, 2.45) is 5.73 Å². The number of primary amides is 1. The molecule has 1 aliphatic heterocycles. The zero-order valence-corrected chi connectivity index (χ0v) is 8.85. The van der Waals surface area contributed by atoms with Crippen molar-refractivity contribution in [2.75, 3.05) is 36.5 Å². The summed E-state index contributed by atoms with van der Waals surface area (Å²) >= 11 is 0. The molecule has 0 atom stereocenters. The molecule has 0 aromatic carbocycles. The molecule has 2 heterocycles. The number of hydrogen-bond acceptors (Lipinski definition) is 4. The van der Waals surface area contributed by atoms with Crippen molar-refractivity contribution in [2.45, 2.75) is 0 Å². The van der Waals surface area contributed by atoms with Crippen LogP contribution in [0, 0.1) is 0 Å². The summed E-state index contributed by atoms with van der Waals surface area (Å²) in [6.45, 7) is 3.14. The summed E-state index contributed by atoms with van der Waals surface area (Å²) in [6.07, 6.45) is 1.59. The predicted molar refractivity (Wildman–Crippen MR) is 60.5 cm³/mol. The van der Waals surface area contributed by atoms with Gasteiger partial charge in [0.05, 0.1) is 25.1 Å². The number of urea groups is 1. The van der Waals surface area contributed by atoms with E-state index < -0.39 is 6.03 Å². The Morgan fingerprint density at radius 2 is 2.19 bits per heavy atom. The highest BCUT2D eigenvalue weighted by atomic mass is 16.5. The van der Waals surface area contributed by atoms with Gasteiger partial charge in [0, 0.05) is 13.1 Å².